The Morgan fingerprint density at radius 3 is 2.65 bits per heavy atom. The van der Waals surface area contributed by atoms with Gasteiger partial charge in [0.15, 0.2) is 0 Å². The van der Waals surface area contributed by atoms with Crippen LogP contribution in [0.1, 0.15) is 46.5 Å². The van der Waals surface area contributed by atoms with Crippen LogP contribution in [0.15, 0.2) is 0 Å². The van der Waals surface area contributed by atoms with Crippen LogP contribution >= 0.6 is 11.6 Å². The van der Waals surface area contributed by atoms with Gasteiger partial charge in [0, 0.05) is 0 Å². The van der Waals surface area contributed by atoms with Gasteiger partial charge in [-0.05, 0) is 50.4 Å². The highest BCUT2D eigenvalue weighted by Crippen LogP contribution is 2.56. The monoisotopic (exact) mass is 256 g/mol. The van der Waals surface area contributed by atoms with Crippen LogP contribution in [0.3, 0.4) is 0 Å². The predicted molar refractivity (Wildman–Crippen MR) is 70.0 cm³/mol. The summed E-state index contributed by atoms with van der Waals surface area (Å²) in [6.07, 6.45) is 5.09. The Bertz CT molecular complexity index is 306. The van der Waals surface area contributed by atoms with Crippen LogP contribution < -0.4 is 0 Å². The van der Waals surface area contributed by atoms with Crippen molar-refractivity contribution in [3.8, 4) is 0 Å². The number of hydrogen-bond acceptors (Lipinski definition) is 2. The maximum absolute atomic E-state index is 6.42. The van der Waals surface area contributed by atoms with Gasteiger partial charge in [-0.15, -0.1) is 11.6 Å². The summed E-state index contributed by atoms with van der Waals surface area (Å²) in [5.41, 5.74) is -0.0520. The van der Waals surface area contributed by atoms with Gasteiger partial charge in [-0.1, -0.05) is 13.8 Å². The fraction of sp³-hybridized carbons (Fsp3) is 1.00. The second-order valence-electron chi connectivity index (χ2n) is 6.71. The molecule has 0 aromatic carbocycles. The third kappa shape index (κ3) is 1.95. The molecule has 0 aromatic heterocycles. The molecular weight excluding hydrogens is 234 g/mol. The van der Waals surface area contributed by atoms with Crippen LogP contribution in [0.4, 0.5) is 0 Å². The molecule has 4 heteroatoms. The first-order valence-corrected chi connectivity index (χ1v) is 7.40. The lowest BCUT2D eigenvalue weighted by atomic mass is 9.57. The molecule has 0 spiro atoms. The first-order chi connectivity index (χ1) is 7.99. The fourth-order valence-electron chi connectivity index (χ4n) is 3.72. The van der Waals surface area contributed by atoms with Crippen molar-refractivity contribution < 1.29 is 9.31 Å². The SMILES string of the molecule is CC(C)C[C@@H](Cl)B1O[C@@H]2CC3CC(C3)[C@]2(C)O1. The summed E-state index contributed by atoms with van der Waals surface area (Å²) in [6, 6.07) is 0. The molecule has 17 heavy (non-hydrogen) atoms. The number of rotatable bonds is 3. The van der Waals surface area contributed by atoms with E-state index >= 15 is 0 Å². The smallest absolute Gasteiger partial charge is 0.404 e. The molecule has 3 aliphatic carbocycles. The van der Waals surface area contributed by atoms with E-state index in [0.717, 1.165) is 12.3 Å². The van der Waals surface area contributed by atoms with Crippen molar-refractivity contribution in [3.63, 3.8) is 0 Å². The van der Waals surface area contributed by atoms with Crippen LogP contribution in [0.25, 0.3) is 0 Å². The van der Waals surface area contributed by atoms with Crippen molar-refractivity contribution >= 4 is 18.7 Å². The van der Waals surface area contributed by atoms with Crippen molar-refractivity contribution in [1.29, 1.82) is 0 Å². The molecule has 0 N–H and O–H groups in total. The molecule has 1 saturated heterocycles. The highest BCUT2D eigenvalue weighted by molar-refractivity contribution is 6.59. The van der Waals surface area contributed by atoms with Gasteiger partial charge in [0.25, 0.3) is 0 Å². The minimum Gasteiger partial charge on any atom is -0.404 e. The molecule has 2 bridgehead atoms. The van der Waals surface area contributed by atoms with Crippen molar-refractivity contribution in [1.82, 2.24) is 0 Å². The Labute approximate surface area is 110 Å². The minimum absolute atomic E-state index is 0.00498. The quantitative estimate of drug-likeness (QED) is 0.570. The van der Waals surface area contributed by atoms with E-state index in [1.54, 1.807) is 0 Å². The molecule has 2 nitrogen and oxygen atoms in total. The Hall–Kier alpha value is 0.275. The summed E-state index contributed by atoms with van der Waals surface area (Å²) in [5, 5.41) is -0.00498. The summed E-state index contributed by atoms with van der Waals surface area (Å²) in [5.74, 6) is 2.19. The van der Waals surface area contributed by atoms with E-state index in [9.17, 15) is 0 Å². The van der Waals surface area contributed by atoms with Crippen molar-refractivity contribution in [2.45, 2.75) is 63.4 Å². The van der Waals surface area contributed by atoms with Crippen LogP contribution in [-0.2, 0) is 9.31 Å². The third-order valence-electron chi connectivity index (χ3n) is 4.89. The molecule has 0 radical (unpaired) electrons. The zero-order valence-corrected chi connectivity index (χ0v) is 11.7. The van der Waals surface area contributed by atoms with E-state index < -0.39 is 0 Å². The van der Waals surface area contributed by atoms with Gasteiger partial charge < -0.3 is 9.31 Å². The van der Waals surface area contributed by atoms with Gasteiger partial charge in [-0.2, -0.15) is 0 Å². The number of halogens is 1. The topological polar surface area (TPSA) is 18.5 Å². The first kappa shape index (κ1) is 12.3. The molecule has 4 fully saturated rings. The lowest BCUT2D eigenvalue weighted by Gasteiger charge is -2.53. The van der Waals surface area contributed by atoms with Gasteiger partial charge in [-0.25, -0.2) is 0 Å². The second kappa shape index (κ2) is 4.14. The van der Waals surface area contributed by atoms with Gasteiger partial charge in [0.05, 0.1) is 17.0 Å². The van der Waals surface area contributed by atoms with Crippen molar-refractivity contribution in [2.24, 2.45) is 17.8 Å². The molecule has 1 aliphatic heterocycles. The predicted octanol–water partition coefficient (Wildman–Crippen LogP) is 3.27. The van der Waals surface area contributed by atoms with Crippen LogP contribution in [0.2, 0.25) is 0 Å². The maximum Gasteiger partial charge on any atom is 0.476 e. The molecule has 4 aliphatic rings. The molecule has 4 rings (SSSR count). The minimum atomic E-state index is -0.187. The second-order valence-corrected chi connectivity index (χ2v) is 7.27. The van der Waals surface area contributed by atoms with Crippen molar-refractivity contribution in [2.75, 3.05) is 0 Å². The largest absolute Gasteiger partial charge is 0.476 e. The standard InChI is InChI=1S/C13H22BClO2/c1-8(2)4-12(15)14-16-11-7-9-5-10(6-9)13(11,3)17-14/h8-12H,4-7H2,1-3H3/t9?,10?,11-,12-,13+/m1/s1. The normalized spacial score (nSPS) is 45.7. The summed E-state index contributed by atoms with van der Waals surface area (Å²) in [6.45, 7) is 6.61. The molecule has 0 unspecified atom stereocenters. The van der Waals surface area contributed by atoms with E-state index in [0.29, 0.717) is 17.9 Å². The molecule has 1 heterocycles. The molecule has 3 saturated carbocycles. The number of hydrogen-bond donors (Lipinski definition) is 0. The molecule has 0 amide bonds. The van der Waals surface area contributed by atoms with E-state index in [4.69, 9.17) is 20.9 Å². The van der Waals surface area contributed by atoms with E-state index in [2.05, 4.69) is 20.8 Å². The molecule has 96 valence electrons. The summed E-state index contributed by atoms with van der Waals surface area (Å²) < 4.78 is 12.3. The first-order valence-electron chi connectivity index (χ1n) is 6.96. The summed E-state index contributed by atoms with van der Waals surface area (Å²) in [4.78, 5) is 0. The van der Waals surface area contributed by atoms with Gasteiger partial charge >= 0.3 is 7.12 Å². The zero-order chi connectivity index (χ0) is 12.2. The average molecular weight is 257 g/mol. The lowest BCUT2D eigenvalue weighted by molar-refractivity contribution is -0.114. The molecule has 0 aromatic rings. The number of alkyl halides is 1. The Kier molecular flexibility index (Phi) is 3.00. The Morgan fingerprint density at radius 2 is 2.06 bits per heavy atom. The summed E-state index contributed by atoms with van der Waals surface area (Å²) >= 11 is 6.42. The highest BCUT2D eigenvalue weighted by Gasteiger charge is 2.61. The average Bonchev–Trinajstić information content (AvgIpc) is 2.52. The highest BCUT2D eigenvalue weighted by atomic mass is 35.5. The summed E-state index contributed by atoms with van der Waals surface area (Å²) in [7, 11) is -0.187. The maximum atomic E-state index is 6.42. The Morgan fingerprint density at radius 1 is 1.35 bits per heavy atom. The zero-order valence-electron chi connectivity index (χ0n) is 11.0. The van der Waals surface area contributed by atoms with Crippen molar-refractivity contribution in [3.05, 3.63) is 0 Å². The van der Waals surface area contributed by atoms with Crippen LogP contribution in [0, 0.1) is 17.8 Å². The van der Waals surface area contributed by atoms with Gasteiger partial charge in [-0.3, -0.25) is 0 Å². The molecular formula is C13H22BClO2. The lowest BCUT2D eigenvalue weighted by Crippen LogP contribution is -2.56. The van der Waals surface area contributed by atoms with E-state index in [-0.39, 0.29) is 18.0 Å². The van der Waals surface area contributed by atoms with E-state index in [1.807, 2.05) is 0 Å². The molecule has 3 atom stereocenters. The van der Waals surface area contributed by atoms with Gasteiger partial charge in [0.2, 0.25) is 0 Å². The fourth-order valence-corrected chi connectivity index (χ4v) is 4.19. The van der Waals surface area contributed by atoms with Crippen LogP contribution in [-0.4, -0.2) is 24.1 Å². The van der Waals surface area contributed by atoms with Gasteiger partial charge in [0.1, 0.15) is 0 Å². The Balaban J connectivity index is 1.67. The van der Waals surface area contributed by atoms with Crippen LogP contribution in [0.5, 0.6) is 0 Å². The third-order valence-corrected chi connectivity index (χ3v) is 5.28. The van der Waals surface area contributed by atoms with E-state index in [1.165, 1.54) is 19.3 Å².